The van der Waals surface area contributed by atoms with E-state index in [9.17, 15) is 10.2 Å². The summed E-state index contributed by atoms with van der Waals surface area (Å²) in [5.74, 6) is 0.408. The van der Waals surface area contributed by atoms with E-state index in [1.54, 1.807) is 11.8 Å². The molecule has 0 aliphatic heterocycles. The van der Waals surface area contributed by atoms with Gasteiger partial charge in [0.25, 0.3) is 0 Å². The monoisotopic (exact) mass is 296 g/mol. The van der Waals surface area contributed by atoms with Crippen LogP contribution in [0, 0.1) is 0 Å². The number of aromatic hydroxyl groups is 1. The van der Waals surface area contributed by atoms with E-state index < -0.39 is 0 Å². The average molecular weight is 296 g/mol. The van der Waals surface area contributed by atoms with Gasteiger partial charge in [0, 0.05) is 21.3 Å². The van der Waals surface area contributed by atoms with Crippen molar-refractivity contribution in [1.82, 2.24) is 0 Å². The minimum Gasteiger partial charge on any atom is -0.507 e. The quantitative estimate of drug-likeness (QED) is 0.809. The first-order valence-electron chi connectivity index (χ1n) is 7.12. The van der Waals surface area contributed by atoms with Gasteiger partial charge < -0.3 is 10.2 Å². The molecule has 0 saturated heterocycles. The average Bonchev–Trinajstić information content (AvgIpc) is 2.28. The molecule has 0 aliphatic rings. The minimum atomic E-state index is -0.108. The molecule has 0 spiro atoms. The molecule has 3 heteroatoms. The van der Waals surface area contributed by atoms with Crippen LogP contribution >= 0.6 is 11.8 Å². The summed E-state index contributed by atoms with van der Waals surface area (Å²) in [4.78, 5) is 1.11. The fourth-order valence-corrected chi connectivity index (χ4v) is 3.00. The molecule has 2 nitrogen and oxygen atoms in total. The number of aliphatic hydroxyl groups excluding tert-OH is 1. The largest absolute Gasteiger partial charge is 0.507 e. The Bertz CT molecular complexity index is 432. The normalized spacial score (nSPS) is 14.4. The van der Waals surface area contributed by atoms with Crippen LogP contribution in [0.5, 0.6) is 5.75 Å². The van der Waals surface area contributed by atoms with Crippen molar-refractivity contribution in [2.45, 2.75) is 69.4 Å². The molecule has 1 atom stereocenters. The van der Waals surface area contributed by atoms with E-state index in [-0.39, 0.29) is 22.7 Å². The highest BCUT2D eigenvalue weighted by Gasteiger charge is 2.26. The van der Waals surface area contributed by atoms with E-state index in [0.717, 1.165) is 16.0 Å². The Morgan fingerprint density at radius 3 is 1.70 bits per heavy atom. The summed E-state index contributed by atoms with van der Waals surface area (Å²) >= 11 is 1.65. The highest BCUT2D eigenvalue weighted by molar-refractivity contribution is 8.00. The van der Waals surface area contributed by atoms with E-state index in [4.69, 9.17) is 0 Å². The third kappa shape index (κ3) is 4.16. The molecule has 0 saturated carbocycles. The summed E-state index contributed by atoms with van der Waals surface area (Å²) in [5.41, 5.74) is 1.72. The van der Waals surface area contributed by atoms with Gasteiger partial charge in [0.05, 0.1) is 6.61 Å². The Hall–Kier alpha value is -0.670. The summed E-state index contributed by atoms with van der Waals surface area (Å²) in [6.45, 7) is 14.8. The van der Waals surface area contributed by atoms with E-state index in [2.05, 4.69) is 53.7 Å². The number of hydrogen-bond donors (Lipinski definition) is 2. The molecular formula is C17H28O2S. The van der Waals surface area contributed by atoms with E-state index in [0.29, 0.717) is 5.75 Å². The maximum absolute atomic E-state index is 10.6. The molecule has 0 aliphatic carbocycles. The summed E-state index contributed by atoms with van der Waals surface area (Å²) in [6, 6.07) is 4.11. The number of phenols is 1. The van der Waals surface area contributed by atoms with Crippen LogP contribution in [-0.4, -0.2) is 22.1 Å². The lowest BCUT2D eigenvalue weighted by molar-refractivity contribution is 0.300. The first-order valence-corrected chi connectivity index (χ1v) is 8.00. The van der Waals surface area contributed by atoms with Crippen LogP contribution in [0.15, 0.2) is 17.0 Å². The number of aliphatic hydroxyl groups is 1. The molecule has 0 fully saturated rings. The second-order valence-electron chi connectivity index (χ2n) is 7.48. The van der Waals surface area contributed by atoms with E-state index >= 15 is 0 Å². The zero-order valence-corrected chi connectivity index (χ0v) is 14.6. The van der Waals surface area contributed by atoms with Gasteiger partial charge in [-0.1, -0.05) is 48.5 Å². The molecule has 1 unspecified atom stereocenters. The molecule has 1 aromatic rings. The molecule has 0 bridgehead atoms. The molecule has 1 rings (SSSR count). The summed E-state index contributed by atoms with van der Waals surface area (Å²) < 4.78 is 0. The molecule has 2 N–H and O–H groups in total. The van der Waals surface area contributed by atoms with Gasteiger partial charge in [-0.15, -0.1) is 11.8 Å². The van der Waals surface area contributed by atoms with Crippen LogP contribution in [0.3, 0.4) is 0 Å². The van der Waals surface area contributed by atoms with Gasteiger partial charge >= 0.3 is 0 Å². The van der Waals surface area contributed by atoms with Crippen LogP contribution in [-0.2, 0) is 10.8 Å². The summed E-state index contributed by atoms with van der Waals surface area (Å²) in [7, 11) is 0. The van der Waals surface area contributed by atoms with Crippen LogP contribution in [0.1, 0.15) is 59.6 Å². The van der Waals surface area contributed by atoms with Gasteiger partial charge in [0.2, 0.25) is 0 Å². The molecule has 0 radical (unpaired) electrons. The molecule has 20 heavy (non-hydrogen) atoms. The maximum atomic E-state index is 10.6. The van der Waals surface area contributed by atoms with Gasteiger partial charge in [-0.25, -0.2) is 0 Å². The highest BCUT2D eigenvalue weighted by atomic mass is 32.2. The Kier molecular flexibility index (Phi) is 5.20. The minimum absolute atomic E-state index is 0.108. The number of thioether (sulfide) groups is 1. The maximum Gasteiger partial charge on any atom is 0.123 e. The van der Waals surface area contributed by atoms with Crippen molar-refractivity contribution in [1.29, 1.82) is 0 Å². The van der Waals surface area contributed by atoms with Crippen LogP contribution in [0.25, 0.3) is 0 Å². The van der Waals surface area contributed by atoms with Gasteiger partial charge in [-0.05, 0) is 23.0 Å². The third-order valence-electron chi connectivity index (χ3n) is 3.29. The smallest absolute Gasteiger partial charge is 0.123 e. The summed E-state index contributed by atoms with van der Waals surface area (Å²) in [6.07, 6.45) is 0. The van der Waals surface area contributed by atoms with Crippen LogP contribution < -0.4 is 0 Å². The third-order valence-corrected chi connectivity index (χ3v) is 4.35. The van der Waals surface area contributed by atoms with Crippen LogP contribution in [0.4, 0.5) is 0 Å². The van der Waals surface area contributed by atoms with Crippen molar-refractivity contribution < 1.29 is 10.2 Å². The lowest BCUT2D eigenvalue weighted by Gasteiger charge is -2.28. The number of hydrogen-bond acceptors (Lipinski definition) is 3. The number of rotatable bonds is 3. The highest BCUT2D eigenvalue weighted by Crippen LogP contribution is 2.42. The van der Waals surface area contributed by atoms with Crippen LogP contribution in [0.2, 0.25) is 0 Å². The Morgan fingerprint density at radius 2 is 1.40 bits per heavy atom. The molecule has 114 valence electrons. The van der Waals surface area contributed by atoms with E-state index in [1.165, 1.54) is 0 Å². The van der Waals surface area contributed by atoms with Crippen molar-refractivity contribution in [3.8, 4) is 5.75 Å². The van der Waals surface area contributed by atoms with Gasteiger partial charge in [0.1, 0.15) is 5.75 Å². The summed E-state index contributed by atoms with van der Waals surface area (Å²) in [5, 5.41) is 20.0. The molecule has 0 heterocycles. The zero-order chi connectivity index (χ0) is 15.7. The van der Waals surface area contributed by atoms with Gasteiger partial charge in [0.15, 0.2) is 0 Å². The second kappa shape index (κ2) is 5.98. The van der Waals surface area contributed by atoms with Crippen molar-refractivity contribution in [2.24, 2.45) is 0 Å². The Balaban J connectivity index is 3.42. The fourth-order valence-electron chi connectivity index (χ4n) is 2.09. The van der Waals surface area contributed by atoms with E-state index in [1.807, 2.05) is 6.92 Å². The Morgan fingerprint density at radius 1 is 1.00 bits per heavy atom. The first-order chi connectivity index (χ1) is 8.96. The standard InChI is InChI=1S/C17H28O2S/c1-11(10-18)20-12-8-13(16(2,3)4)15(19)14(9-12)17(5,6)7/h8-9,11,18-19H,10H2,1-7H3. The van der Waals surface area contributed by atoms with Crippen molar-refractivity contribution in [3.63, 3.8) is 0 Å². The number of benzene rings is 1. The van der Waals surface area contributed by atoms with Gasteiger partial charge in [-0.3, -0.25) is 0 Å². The zero-order valence-electron chi connectivity index (χ0n) is 13.7. The topological polar surface area (TPSA) is 40.5 Å². The lowest BCUT2D eigenvalue weighted by atomic mass is 9.79. The second-order valence-corrected chi connectivity index (χ2v) is 8.99. The van der Waals surface area contributed by atoms with Gasteiger partial charge in [-0.2, -0.15) is 0 Å². The Labute approximate surface area is 127 Å². The van der Waals surface area contributed by atoms with Crippen molar-refractivity contribution >= 4 is 11.8 Å². The van der Waals surface area contributed by atoms with Crippen molar-refractivity contribution in [3.05, 3.63) is 23.3 Å². The fraction of sp³-hybridized carbons (Fsp3) is 0.647. The molecular weight excluding hydrogens is 268 g/mol. The first kappa shape index (κ1) is 17.4. The predicted molar refractivity (Wildman–Crippen MR) is 87.9 cm³/mol. The SMILES string of the molecule is CC(CO)Sc1cc(C(C)(C)C)c(O)c(C(C)(C)C)c1. The lowest BCUT2D eigenvalue weighted by Crippen LogP contribution is -2.17. The predicted octanol–water partition coefficient (Wildman–Crippen LogP) is 4.46. The molecule has 0 aromatic heterocycles. The molecule has 1 aromatic carbocycles. The molecule has 0 amide bonds. The van der Waals surface area contributed by atoms with Crippen molar-refractivity contribution in [2.75, 3.05) is 6.61 Å². The number of phenolic OH excluding ortho intramolecular Hbond substituents is 1.